The van der Waals surface area contributed by atoms with E-state index >= 15 is 0 Å². The third-order valence-corrected chi connectivity index (χ3v) is 1.53. The van der Waals surface area contributed by atoms with Crippen LogP contribution in [-0.4, -0.2) is 19.1 Å². The minimum absolute atomic E-state index is 0. The van der Waals surface area contributed by atoms with Crippen LogP contribution in [0.4, 0.5) is 0 Å². The van der Waals surface area contributed by atoms with Crippen LogP contribution in [0.15, 0.2) is 0 Å². The molecule has 0 atom stereocenters. The van der Waals surface area contributed by atoms with Gasteiger partial charge in [0.05, 0.1) is 0 Å². The first-order chi connectivity index (χ1) is 4.41. The Kier molecular flexibility index (Phi) is 14.7. The molecular weight excluding hydrogens is 126 g/mol. The lowest BCUT2D eigenvalue weighted by molar-refractivity contribution is 0.610. The molecule has 2 nitrogen and oxygen atoms in total. The predicted molar refractivity (Wildman–Crippen MR) is 46.3 cm³/mol. The molecule has 0 bridgehead atoms. The summed E-state index contributed by atoms with van der Waals surface area (Å²) < 4.78 is 0. The van der Waals surface area contributed by atoms with Gasteiger partial charge >= 0.3 is 0 Å². The van der Waals surface area contributed by atoms with Gasteiger partial charge in [-0.15, -0.1) is 0 Å². The van der Waals surface area contributed by atoms with Crippen molar-refractivity contribution in [3.8, 4) is 0 Å². The number of unbranched alkanes of at least 4 members (excludes halogenated alkanes) is 4. The fourth-order valence-corrected chi connectivity index (χ4v) is 0.905. The van der Waals surface area contributed by atoms with Crippen molar-refractivity contribution in [1.82, 2.24) is 5.32 Å². The molecule has 0 amide bonds. The van der Waals surface area contributed by atoms with Gasteiger partial charge < -0.3 is 10.8 Å². The van der Waals surface area contributed by atoms with Gasteiger partial charge in [-0.1, -0.05) is 32.6 Å². The highest BCUT2D eigenvalue weighted by atomic mass is 16.0. The van der Waals surface area contributed by atoms with Crippen molar-refractivity contribution in [3.05, 3.63) is 0 Å². The van der Waals surface area contributed by atoms with Crippen molar-refractivity contribution in [2.75, 3.05) is 13.6 Å². The van der Waals surface area contributed by atoms with Crippen molar-refractivity contribution in [3.63, 3.8) is 0 Å². The van der Waals surface area contributed by atoms with E-state index in [-0.39, 0.29) is 5.48 Å². The van der Waals surface area contributed by atoms with Crippen LogP contribution in [0.25, 0.3) is 0 Å². The van der Waals surface area contributed by atoms with Crippen LogP contribution < -0.4 is 5.32 Å². The van der Waals surface area contributed by atoms with Gasteiger partial charge in [-0.05, 0) is 20.0 Å². The molecule has 0 aromatic carbocycles. The first-order valence-corrected chi connectivity index (χ1v) is 4.06. The molecule has 64 valence electrons. The van der Waals surface area contributed by atoms with Gasteiger partial charge in [0.1, 0.15) is 0 Å². The molecule has 0 rings (SSSR count). The summed E-state index contributed by atoms with van der Waals surface area (Å²) in [4.78, 5) is 0. The molecule has 0 radical (unpaired) electrons. The van der Waals surface area contributed by atoms with E-state index in [9.17, 15) is 0 Å². The number of nitrogens with one attached hydrogen (secondary N) is 1. The summed E-state index contributed by atoms with van der Waals surface area (Å²) in [6.45, 7) is 3.43. The topological polar surface area (TPSA) is 43.5 Å². The Bertz CT molecular complexity index is 42.5. The van der Waals surface area contributed by atoms with Gasteiger partial charge in [0.2, 0.25) is 0 Å². The first kappa shape index (κ1) is 12.6. The second-order valence-electron chi connectivity index (χ2n) is 2.52. The van der Waals surface area contributed by atoms with Crippen LogP contribution in [-0.2, 0) is 0 Å². The van der Waals surface area contributed by atoms with E-state index in [2.05, 4.69) is 12.2 Å². The quantitative estimate of drug-likeness (QED) is 0.566. The largest absolute Gasteiger partial charge is 0.412 e. The molecule has 0 spiro atoms. The molecule has 0 aliphatic carbocycles. The van der Waals surface area contributed by atoms with E-state index in [1.165, 1.54) is 38.6 Å². The Morgan fingerprint density at radius 3 is 2.10 bits per heavy atom. The average molecular weight is 147 g/mol. The zero-order valence-corrected chi connectivity index (χ0v) is 7.24. The normalized spacial score (nSPS) is 9.00. The molecule has 0 aliphatic heterocycles. The van der Waals surface area contributed by atoms with Crippen molar-refractivity contribution in [1.29, 1.82) is 0 Å². The van der Waals surface area contributed by atoms with Crippen molar-refractivity contribution >= 4 is 0 Å². The number of rotatable bonds is 6. The lowest BCUT2D eigenvalue weighted by atomic mass is 10.1. The molecule has 0 saturated heterocycles. The zero-order valence-electron chi connectivity index (χ0n) is 7.24. The van der Waals surface area contributed by atoms with Crippen molar-refractivity contribution in [2.24, 2.45) is 0 Å². The summed E-state index contributed by atoms with van der Waals surface area (Å²) in [5.41, 5.74) is 0. The summed E-state index contributed by atoms with van der Waals surface area (Å²) in [6.07, 6.45) is 6.91. The van der Waals surface area contributed by atoms with Crippen LogP contribution in [0.3, 0.4) is 0 Å². The molecule has 0 heterocycles. The van der Waals surface area contributed by atoms with Gasteiger partial charge in [-0.25, -0.2) is 0 Å². The average Bonchev–Trinajstić information content (AvgIpc) is 1.89. The fourth-order valence-electron chi connectivity index (χ4n) is 0.905. The summed E-state index contributed by atoms with van der Waals surface area (Å²) in [6, 6.07) is 0. The smallest absolute Gasteiger partial charge is 0.00519 e. The summed E-state index contributed by atoms with van der Waals surface area (Å²) in [7, 11) is 2.01. The standard InChI is InChI=1S/C8H19N.H2O/c1-3-4-5-6-7-8-9-2;/h9H,3-8H2,1-2H3;1H2. The van der Waals surface area contributed by atoms with Gasteiger partial charge in [-0.2, -0.15) is 0 Å². The summed E-state index contributed by atoms with van der Waals surface area (Å²) >= 11 is 0. The number of hydrogen-bond acceptors (Lipinski definition) is 1. The molecule has 0 aromatic rings. The maximum absolute atomic E-state index is 3.14. The fraction of sp³-hybridized carbons (Fsp3) is 1.00. The maximum atomic E-state index is 3.14. The minimum Gasteiger partial charge on any atom is -0.412 e. The summed E-state index contributed by atoms with van der Waals surface area (Å²) in [5, 5.41) is 3.14. The Balaban J connectivity index is 0. The molecule has 2 heteroatoms. The Morgan fingerprint density at radius 1 is 1.00 bits per heavy atom. The first-order valence-electron chi connectivity index (χ1n) is 4.06. The van der Waals surface area contributed by atoms with E-state index in [1.54, 1.807) is 0 Å². The van der Waals surface area contributed by atoms with Gasteiger partial charge in [0.15, 0.2) is 0 Å². The van der Waals surface area contributed by atoms with E-state index in [0.29, 0.717) is 0 Å². The highest BCUT2D eigenvalue weighted by Gasteiger charge is 1.85. The SMILES string of the molecule is CCCCCCCNC.O. The lowest BCUT2D eigenvalue weighted by Gasteiger charge is -1.97. The third kappa shape index (κ3) is 10.8. The minimum atomic E-state index is 0. The Morgan fingerprint density at radius 2 is 1.60 bits per heavy atom. The molecule has 0 saturated carbocycles. The Hall–Kier alpha value is -0.0800. The van der Waals surface area contributed by atoms with Crippen LogP contribution in [0.5, 0.6) is 0 Å². The van der Waals surface area contributed by atoms with E-state index in [1.807, 2.05) is 7.05 Å². The van der Waals surface area contributed by atoms with Crippen molar-refractivity contribution in [2.45, 2.75) is 39.0 Å². The highest BCUT2D eigenvalue weighted by molar-refractivity contribution is 4.43. The molecule has 3 N–H and O–H groups in total. The predicted octanol–water partition coefficient (Wildman–Crippen LogP) is 1.35. The maximum Gasteiger partial charge on any atom is -0.00519 e. The molecule has 0 unspecified atom stereocenters. The second-order valence-corrected chi connectivity index (χ2v) is 2.52. The van der Waals surface area contributed by atoms with Crippen LogP contribution in [0, 0.1) is 0 Å². The molecular formula is C8H21NO. The van der Waals surface area contributed by atoms with Gasteiger partial charge in [0, 0.05) is 0 Å². The number of hydrogen-bond donors (Lipinski definition) is 1. The van der Waals surface area contributed by atoms with Crippen LogP contribution in [0.1, 0.15) is 39.0 Å². The monoisotopic (exact) mass is 147 g/mol. The second kappa shape index (κ2) is 11.7. The van der Waals surface area contributed by atoms with Crippen LogP contribution in [0.2, 0.25) is 0 Å². The van der Waals surface area contributed by atoms with Gasteiger partial charge in [0.25, 0.3) is 0 Å². The summed E-state index contributed by atoms with van der Waals surface area (Å²) in [5.74, 6) is 0. The van der Waals surface area contributed by atoms with E-state index in [0.717, 1.165) is 0 Å². The Labute approximate surface area is 64.3 Å². The zero-order chi connectivity index (χ0) is 6.95. The third-order valence-electron chi connectivity index (χ3n) is 1.53. The van der Waals surface area contributed by atoms with Gasteiger partial charge in [-0.3, -0.25) is 0 Å². The molecule has 0 fully saturated rings. The molecule has 0 aliphatic rings. The molecule has 10 heavy (non-hydrogen) atoms. The molecule has 0 aromatic heterocycles. The van der Waals surface area contributed by atoms with Crippen LogP contribution >= 0.6 is 0 Å². The highest BCUT2D eigenvalue weighted by Crippen LogP contribution is 2.00. The van der Waals surface area contributed by atoms with E-state index in [4.69, 9.17) is 0 Å². The van der Waals surface area contributed by atoms with Crippen molar-refractivity contribution < 1.29 is 5.48 Å². The van der Waals surface area contributed by atoms with E-state index < -0.39 is 0 Å². The lowest BCUT2D eigenvalue weighted by Crippen LogP contribution is -2.06.